The van der Waals surface area contributed by atoms with Crippen LogP contribution >= 0.6 is 0 Å². The number of ether oxygens (including phenoxy) is 1. The Balaban J connectivity index is 1.62. The lowest BCUT2D eigenvalue weighted by molar-refractivity contribution is -0.122. The second kappa shape index (κ2) is 7.81. The Morgan fingerprint density at radius 1 is 1.20 bits per heavy atom. The normalized spacial score (nSPS) is 15.9. The highest BCUT2D eigenvalue weighted by Crippen LogP contribution is 2.30. The molecule has 0 unspecified atom stereocenters. The van der Waals surface area contributed by atoms with Crippen molar-refractivity contribution in [2.75, 3.05) is 18.5 Å². The number of para-hydroxylation sites is 1. The summed E-state index contributed by atoms with van der Waals surface area (Å²) in [6.45, 7) is 0.920. The van der Waals surface area contributed by atoms with E-state index in [0.29, 0.717) is 13.2 Å². The zero-order chi connectivity index (χ0) is 17.6. The molecule has 0 radical (unpaired) electrons. The molecule has 2 aromatic carbocycles. The molecule has 0 aromatic heterocycles. The van der Waals surface area contributed by atoms with E-state index in [1.54, 1.807) is 0 Å². The SMILES string of the molecule is NCCOc1ccc(CC(=O)N[C@H]2CC(=O)Nc3ccccc32)cc1. The first-order valence-electron chi connectivity index (χ1n) is 8.25. The molecule has 3 rings (SSSR count). The molecule has 1 aliphatic heterocycles. The van der Waals surface area contributed by atoms with Crippen LogP contribution in [0.25, 0.3) is 0 Å². The van der Waals surface area contributed by atoms with Crippen molar-refractivity contribution in [3.63, 3.8) is 0 Å². The third-order valence-corrected chi connectivity index (χ3v) is 4.01. The van der Waals surface area contributed by atoms with Gasteiger partial charge in [-0.05, 0) is 29.3 Å². The molecule has 0 bridgehead atoms. The zero-order valence-corrected chi connectivity index (χ0v) is 13.8. The minimum absolute atomic E-state index is 0.0922. The summed E-state index contributed by atoms with van der Waals surface area (Å²) in [7, 11) is 0. The predicted molar refractivity (Wildman–Crippen MR) is 95.3 cm³/mol. The summed E-state index contributed by atoms with van der Waals surface area (Å²) in [6.07, 6.45) is 0.492. The Morgan fingerprint density at radius 3 is 2.72 bits per heavy atom. The van der Waals surface area contributed by atoms with Crippen molar-refractivity contribution in [2.45, 2.75) is 18.9 Å². The molecule has 0 aliphatic carbocycles. The summed E-state index contributed by atoms with van der Waals surface area (Å²) < 4.78 is 5.42. The maximum absolute atomic E-state index is 12.4. The largest absolute Gasteiger partial charge is 0.492 e. The second-order valence-corrected chi connectivity index (χ2v) is 5.92. The quantitative estimate of drug-likeness (QED) is 0.748. The molecule has 4 N–H and O–H groups in total. The summed E-state index contributed by atoms with van der Waals surface area (Å²) in [5.74, 6) is 0.517. The molecule has 0 spiro atoms. The number of carbonyl (C=O) groups excluding carboxylic acids is 2. The number of anilines is 1. The standard InChI is InChI=1S/C19H21N3O3/c20-9-10-25-14-7-5-13(6-8-14)11-18(23)22-17-12-19(24)21-16-4-2-1-3-15(16)17/h1-8,17H,9-12,20H2,(H,21,24)(H,22,23)/t17-/m0/s1. The van der Waals surface area contributed by atoms with Crippen LogP contribution in [0.5, 0.6) is 5.75 Å². The predicted octanol–water partition coefficient (Wildman–Crippen LogP) is 1.77. The first-order valence-corrected chi connectivity index (χ1v) is 8.25. The van der Waals surface area contributed by atoms with Gasteiger partial charge in [-0.25, -0.2) is 0 Å². The van der Waals surface area contributed by atoms with Crippen molar-refractivity contribution in [2.24, 2.45) is 5.73 Å². The Hall–Kier alpha value is -2.86. The minimum atomic E-state index is -0.301. The van der Waals surface area contributed by atoms with E-state index < -0.39 is 0 Å². The summed E-state index contributed by atoms with van der Waals surface area (Å²) in [6, 6.07) is 14.6. The van der Waals surface area contributed by atoms with Gasteiger partial charge in [0.25, 0.3) is 0 Å². The highest BCUT2D eigenvalue weighted by Gasteiger charge is 2.25. The smallest absolute Gasteiger partial charge is 0.226 e. The molecule has 6 nitrogen and oxygen atoms in total. The molecule has 6 heteroatoms. The van der Waals surface area contributed by atoms with Crippen molar-refractivity contribution >= 4 is 17.5 Å². The monoisotopic (exact) mass is 339 g/mol. The molecule has 2 aromatic rings. The van der Waals surface area contributed by atoms with Crippen LogP contribution in [-0.2, 0) is 16.0 Å². The van der Waals surface area contributed by atoms with E-state index in [-0.39, 0.29) is 30.7 Å². The summed E-state index contributed by atoms with van der Waals surface area (Å²) >= 11 is 0. The molecule has 2 amide bonds. The summed E-state index contributed by atoms with van der Waals surface area (Å²) in [4.78, 5) is 24.2. The molecular weight excluding hydrogens is 318 g/mol. The number of benzene rings is 2. The second-order valence-electron chi connectivity index (χ2n) is 5.92. The fourth-order valence-corrected chi connectivity index (χ4v) is 2.85. The van der Waals surface area contributed by atoms with Crippen LogP contribution in [0.4, 0.5) is 5.69 Å². The van der Waals surface area contributed by atoms with E-state index in [0.717, 1.165) is 22.6 Å². The Labute approximate surface area is 146 Å². The van der Waals surface area contributed by atoms with Crippen molar-refractivity contribution in [1.29, 1.82) is 0 Å². The maximum Gasteiger partial charge on any atom is 0.226 e. The van der Waals surface area contributed by atoms with Gasteiger partial charge >= 0.3 is 0 Å². The van der Waals surface area contributed by atoms with Crippen LogP contribution in [0.2, 0.25) is 0 Å². The fourth-order valence-electron chi connectivity index (χ4n) is 2.85. The van der Waals surface area contributed by atoms with Crippen molar-refractivity contribution in [1.82, 2.24) is 5.32 Å². The molecule has 130 valence electrons. The van der Waals surface area contributed by atoms with E-state index >= 15 is 0 Å². The van der Waals surface area contributed by atoms with Gasteiger partial charge in [-0.15, -0.1) is 0 Å². The third-order valence-electron chi connectivity index (χ3n) is 4.01. The Bertz CT molecular complexity index is 759. The highest BCUT2D eigenvalue weighted by molar-refractivity contribution is 5.95. The van der Waals surface area contributed by atoms with Crippen molar-refractivity contribution < 1.29 is 14.3 Å². The van der Waals surface area contributed by atoms with E-state index in [1.165, 1.54) is 0 Å². The van der Waals surface area contributed by atoms with E-state index in [9.17, 15) is 9.59 Å². The molecule has 1 atom stereocenters. The molecule has 0 saturated carbocycles. The van der Waals surface area contributed by atoms with E-state index in [1.807, 2.05) is 48.5 Å². The lowest BCUT2D eigenvalue weighted by Crippen LogP contribution is -2.35. The van der Waals surface area contributed by atoms with Gasteiger partial charge in [0.15, 0.2) is 0 Å². The van der Waals surface area contributed by atoms with E-state index in [2.05, 4.69) is 10.6 Å². The molecule has 0 fully saturated rings. The number of nitrogens with one attached hydrogen (secondary N) is 2. The highest BCUT2D eigenvalue weighted by atomic mass is 16.5. The first-order chi connectivity index (χ1) is 12.2. The molecular formula is C19H21N3O3. The topological polar surface area (TPSA) is 93.4 Å². The summed E-state index contributed by atoms with van der Waals surface area (Å²) in [5.41, 5.74) is 7.97. The average Bonchev–Trinajstić information content (AvgIpc) is 2.61. The van der Waals surface area contributed by atoms with Gasteiger partial charge in [-0.2, -0.15) is 0 Å². The zero-order valence-electron chi connectivity index (χ0n) is 13.8. The van der Waals surface area contributed by atoms with Gasteiger partial charge in [0.1, 0.15) is 12.4 Å². The van der Waals surface area contributed by atoms with Gasteiger partial charge in [-0.1, -0.05) is 30.3 Å². The number of fused-ring (bicyclic) bond motifs is 1. The van der Waals surface area contributed by atoms with Crippen LogP contribution in [-0.4, -0.2) is 25.0 Å². The van der Waals surface area contributed by atoms with E-state index in [4.69, 9.17) is 10.5 Å². The van der Waals surface area contributed by atoms with Gasteiger partial charge < -0.3 is 21.1 Å². The van der Waals surface area contributed by atoms with Gasteiger partial charge in [-0.3, -0.25) is 9.59 Å². The third kappa shape index (κ3) is 4.36. The number of amides is 2. The van der Waals surface area contributed by atoms with Crippen LogP contribution in [0.15, 0.2) is 48.5 Å². The maximum atomic E-state index is 12.4. The Morgan fingerprint density at radius 2 is 1.96 bits per heavy atom. The number of hydrogen-bond donors (Lipinski definition) is 3. The number of nitrogens with two attached hydrogens (primary N) is 1. The molecule has 1 aliphatic rings. The van der Waals surface area contributed by atoms with Crippen LogP contribution in [0.3, 0.4) is 0 Å². The molecule has 25 heavy (non-hydrogen) atoms. The van der Waals surface area contributed by atoms with Crippen LogP contribution in [0.1, 0.15) is 23.6 Å². The van der Waals surface area contributed by atoms with Crippen molar-refractivity contribution in [3.05, 3.63) is 59.7 Å². The van der Waals surface area contributed by atoms with Gasteiger partial charge in [0.2, 0.25) is 11.8 Å². The first kappa shape index (κ1) is 17.0. The molecule has 0 saturated heterocycles. The Kier molecular flexibility index (Phi) is 5.30. The van der Waals surface area contributed by atoms with Crippen molar-refractivity contribution in [3.8, 4) is 5.75 Å². The average molecular weight is 339 g/mol. The van der Waals surface area contributed by atoms with Gasteiger partial charge in [0, 0.05) is 12.2 Å². The number of rotatable bonds is 6. The fraction of sp³-hybridized carbons (Fsp3) is 0.263. The lowest BCUT2D eigenvalue weighted by atomic mass is 9.97. The van der Waals surface area contributed by atoms with Gasteiger partial charge in [0.05, 0.1) is 18.9 Å². The number of hydrogen-bond acceptors (Lipinski definition) is 4. The lowest BCUT2D eigenvalue weighted by Gasteiger charge is -2.26. The molecule has 1 heterocycles. The van der Waals surface area contributed by atoms with Crippen LogP contribution < -0.4 is 21.1 Å². The van der Waals surface area contributed by atoms with Crippen LogP contribution in [0, 0.1) is 0 Å². The summed E-state index contributed by atoms with van der Waals surface area (Å²) in [5, 5.41) is 5.78. The number of carbonyl (C=O) groups is 2. The minimum Gasteiger partial charge on any atom is -0.492 e.